The molecule has 0 saturated carbocycles. The lowest BCUT2D eigenvalue weighted by Crippen LogP contribution is -2.41. The van der Waals surface area contributed by atoms with Crippen molar-refractivity contribution in [3.63, 3.8) is 0 Å². The van der Waals surface area contributed by atoms with Gasteiger partial charge >= 0.3 is 7.12 Å². The highest BCUT2D eigenvalue weighted by molar-refractivity contribution is 6.56. The Kier molecular flexibility index (Phi) is 6.89. The Bertz CT molecular complexity index is 548. The van der Waals surface area contributed by atoms with Gasteiger partial charge in [-0.05, 0) is 65.4 Å². The van der Waals surface area contributed by atoms with Crippen molar-refractivity contribution in [1.29, 1.82) is 0 Å². The minimum atomic E-state index is -0.364. The predicted octanol–water partition coefficient (Wildman–Crippen LogP) is 6.06. The molecule has 1 fully saturated rings. The van der Waals surface area contributed by atoms with Gasteiger partial charge in [-0.25, -0.2) is 0 Å². The van der Waals surface area contributed by atoms with Gasteiger partial charge in [-0.1, -0.05) is 56.2 Å². The fourth-order valence-electron chi connectivity index (χ4n) is 2.45. The van der Waals surface area contributed by atoms with Crippen LogP contribution in [0.15, 0.2) is 47.0 Å². The molecule has 1 heterocycles. The maximum absolute atomic E-state index is 6.33. The molecule has 0 aromatic heterocycles. The molecule has 3 heteroatoms. The zero-order chi connectivity index (χ0) is 18.7. The molecule has 0 N–H and O–H groups in total. The molecule has 1 saturated heterocycles. The molecule has 134 valence electrons. The van der Waals surface area contributed by atoms with E-state index in [1.54, 1.807) is 0 Å². The van der Waals surface area contributed by atoms with E-state index in [1.165, 1.54) is 5.57 Å². The Morgan fingerprint density at radius 2 is 1.62 bits per heavy atom. The van der Waals surface area contributed by atoms with Gasteiger partial charge in [0.05, 0.1) is 11.2 Å². The zero-order valence-electron chi connectivity index (χ0n) is 17.1. The Morgan fingerprint density at radius 3 is 2.00 bits per heavy atom. The van der Waals surface area contributed by atoms with Crippen LogP contribution in [0.5, 0.6) is 0 Å². The molecule has 1 aliphatic heterocycles. The number of hydrogen-bond acceptors (Lipinski definition) is 2. The Balaban J connectivity index is 3.41. The fraction of sp³-hybridized carbons (Fsp3) is 0.619. The third-order valence-electron chi connectivity index (χ3n) is 5.21. The van der Waals surface area contributed by atoms with Crippen LogP contribution >= 0.6 is 0 Å². The zero-order valence-corrected chi connectivity index (χ0v) is 17.1. The van der Waals surface area contributed by atoms with E-state index in [2.05, 4.69) is 80.2 Å². The van der Waals surface area contributed by atoms with E-state index in [0.717, 1.165) is 23.0 Å². The molecule has 0 aliphatic carbocycles. The molecule has 0 radical (unpaired) electrons. The van der Waals surface area contributed by atoms with E-state index in [0.29, 0.717) is 5.92 Å². The molecule has 1 aliphatic rings. The van der Waals surface area contributed by atoms with Gasteiger partial charge in [0.2, 0.25) is 0 Å². The van der Waals surface area contributed by atoms with E-state index in [9.17, 15) is 0 Å². The van der Waals surface area contributed by atoms with Crippen LogP contribution in [0.3, 0.4) is 0 Å². The van der Waals surface area contributed by atoms with Crippen molar-refractivity contribution in [1.82, 2.24) is 0 Å². The van der Waals surface area contributed by atoms with Gasteiger partial charge < -0.3 is 9.31 Å². The quantitative estimate of drug-likeness (QED) is 0.435. The lowest BCUT2D eigenvalue weighted by molar-refractivity contribution is 0.00578. The Labute approximate surface area is 149 Å². The molecular weight excluding hydrogens is 295 g/mol. The summed E-state index contributed by atoms with van der Waals surface area (Å²) in [6.45, 7) is 23.2. The summed E-state index contributed by atoms with van der Waals surface area (Å²) < 4.78 is 12.7. The second kappa shape index (κ2) is 7.88. The maximum Gasteiger partial charge on any atom is 0.495 e. The van der Waals surface area contributed by atoms with Crippen LogP contribution in [0.2, 0.25) is 0 Å². The summed E-state index contributed by atoms with van der Waals surface area (Å²) >= 11 is 0. The molecule has 1 rings (SSSR count). The summed E-state index contributed by atoms with van der Waals surface area (Å²) in [5.74, 6) is 0.452. The van der Waals surface area contributed by atoms with Crippen LogP contribution < -0.4 is 0 Å². The first-order valence-electron chi connectivity index (χ1n) is 9.03. The van der Waals surface area contributed by atoms with Gasteiger partial charge in [-0.3, -0.25) is 0 Å². The van der Waals surface area contributed by atoms with Crippen molar-refractivity contribution < 1.29 is 9.31 Å². The van der Waals surface area contributed by atoms with E-state index < -0.39 is 0 Å². The van der Waals surface area contributed by atoms with Crippen LogP contribution in [-0.4, -0.2) is 18.3 Å². The highest BCUT2D eigenvalue weighted by atomic mass is 16.7. The average Bonchev–Trinajstić information content (AvgIpc) is 2.69. The van der Waals surface area contributed by atoms with Gasteiger partial charge in [0.15, 0.2) is 0 Å². The van der Waals surface area contributed by atoms with Crippen LogP contribution in [0.1, 0.15) is 68.7 Å². The molecule has 0 amide bonds. The van der Waals surface area contributed by atoms with Crippen molar-refractivity contribution in [3.8, 4) is 0 Å². The van der Waals surface area contributed by atoms with Crippen molar-refractivity contribution in [3.05, 3.63) is 47.0 Å². The van der Waals surface area contributed by atoms with Crippen molar-refractivity contribution >= 4 is 7.12 Å². The first kappa shape index (κ1) is 21.0. The Morgan fingerprint density at radius 1 is 1.12 bits per heavy atom. The van der Waals surface area contributed by atoms with Crippen molar-refractivity contribution in [2.75, 3.05) is 0 Å². The highest BCUT2D eigenvalue weighted by Gasteiger charge is 2.52. The van der Waals surface area contributed by atoms with E-state index >= 15 is 0 Å². The first-order chi connectivity index (χ1) is 10.9. The summed E-state index contributed by atoms with van der Waals surface area (Å²) in [7, 11) is -0.364. The minimum Gasteiger partial charge on any atom is -0.399 e. The topological polar surface area (TPSA) is 18.5 Å². The summed E-state index contributed by atoms with van der Waals surface area (Å²) in [4.78, 5) is 0. The van der Waals surface area contributed by atoms with Gasteiger partial charge in [-0.2, -0.15) is 0 Å². The predicted molar refractivity (Wildman–Crippen MR) is 106 cm³/mol. The standard InChI is InChI=1S/C21H35BO2/c1-11-16(5)13-18(15(3)4)19(14-17(6)12-2)22-23-20(7,8)21(9,10)24-22/h11,13-14,17H,3,12H2,1-2,4-10H3. The summed E-state index contributed by atoms with van der Waals surface area (Å²) in [6.07, 6.45) is 7.65. The molecule has 0 bridgehead atoms. The second-order valence-corrected chi connectivity index (χ2v) is 7.97. The van der Waals surface area contributed by atoms with Crippen LogP contribution in [0, 0.1) is 5.92 Å². The number of rotatable bonds is 6. The molecule has 24 heavy (non-hydrogen) atoms. The molecular formula is C21H35BO2. The fourth-order valence-corrected chi connectivity index (χ4v) is 2.45. The second-order valence-electron chi connectivity index (χ2n) is 7.97. The lowest BCUT2D eigenvalue weighted by atomic mass is 9.70. The third-order valence-corrected chi connectivity index (χ3v) is 5.21. The van der Waals surface area contributed by atoms with E-state index in [1.807, 2.05) is 6.92 Å². The van der Waals surface area contributed by atoms with E-state index in [4.69, 9.17) is 9.31 Å². The summed E-state index contributed by atoms with van der Waals surface area (Å²) in [5.41, 5.74) is 3.76. The lowest BCUT2D eigenvalue weighted by Gasteiger charge is -2.32. The van der Waals surface area contributed by atoms with Crippen molar-refractivity contribution in [2.24, 2.45) is 5.92 Å². The van der Waals surface area contributed by atoms with Gasteiger partial charge in [-0.15, -0.1) is 0 Å². The monoisotopic (exact) mass is 330 g/mol. The first-order valence-corrected chi connectivity index (χ1v) is 9.03. The van der Waals surface area contributed by atoms with Crippen LogP contribution in [-0.2, 0) is 9.31 Å². The normalized spacial score (nSPS) is 22.7. The minimum absolute atomic E-state index is 0.345. The largest absolute Gasteiger partial charge is 0.495 e. The smallest absolute Gasteiger partial charge is 0.399 e. The average molecular weight is 330 g/mol. The van der Waals surface area contributed by atoms with Crippen LogP contribution in [0.25, 0.3) is 0 Å². The molecule has 0 aromatic rings. The summed E-state index contributed by atoms with van der Waals surface area (Å²) in [5, 5.41) is 0. The summed E-state index contributed by atoms with van der Waals surface area (Å²) in [6, 6.07) is 0. The molecule has 0 spiro atoms. The Hall–Kier alpha value is -1.06. The van der Waals surface area contributed by atoms with E-state index in [-0.39, 0.29) is 18.3 Å². The molecule has 0 aromatic carbocycles. The number of hydrogen-bond donors (Lipinski definition) is 0. The molecule has 1 unspecified atom stereocenters. The number of allylic oxidation sites excluding steroid dienone is 7. The molecule has 1 atom stereocenters. The highest BCUT2D eigenvalue weighted by Crippen LogP contribution is 2.41. The van der Waals surface area contributed by atoms with Crippen LogP contribution in [0.4, 0.5) is 0 Å². The van der Waals surface area contributed by atoms with Gasteiger partial charge in [0.1, 0.15) is 0 Å². The van der Waals surface area contributed by atoms with Gasteiger partial charge in [0.25, 0.3) is 0 Å². The maximum atomic E-state index is 6.33. The van der Waals surface area contributed by atoms with Gasteiger partial charge in [0, 0.05) is 0 Å². The SMILES string of the molecule is C=C(C)C(=CC(C)=CC)C(=CC(C)CC)B1OC(C)(C)C(C)(C)O1. The van der Waals surface area contributed by atoms with Crippen molar-refractivity contribution in [2.45, 2.75) is 79.9 Å². The third kappa shape index (κ3) is 4.74. The molecule has 2 nitrogen and oxygen atoms in total.